The molecule has 1 atom stereocenters. The first-order chi connectivity index (χ1) is 8.52. The fourth-order valence-electron chi connectivity index (χ4n) is 1.79. The highest BCUT2D eigenvalue weighted by molar-refractivity contribution is 9.10. The molecule has 0 aliphatic carbocycles. The lowest BCUT2D eigenvalue weighted by atomic mass is 10.0. The van der Waals surface area contributed by atoms with Gasteiger partial charge in [-0.25, -0.2) is 4.39 Å². The molecule has 100 valence electrons. The van der Waals surface area contributed by atoms with Crippen LogP contribution in [0.1, 0.15) is 37.8 Å². The van der Waals surface area contributed by atoms with E-state index in [-0.39, 0.29) is 18.3 Å². The van der Waals surface area contributed by atoms with Crippen LogP contribution in [0.2, 0.25) is 0 Å². The van der Waals surface area contributed by atoms with E-state index in [1.54, 1.807) is 0 Å². The third-order valence-electron chi connectivity index (χ3n) is 2.65. The molecule has 0 fully saturated rings. The highest BCUT2D eigenvalue weighted by Gasteiger charge is 2.10. The zero-order chi connectivity index (χ0) is 13.5. The SMILES string of the molecule is CCC(NCCCC(=O)O)c1cc(F)cc(Br)c1. The van der Waals surface area contributed by atoms with Gasteiger partial charge in [-0.3, -0.25) is 4.79 Å². The number of rotatable bonds is 7. The summed E-state index contributed by atoms with van der Waals surface area (Å²) in [6.07, 6.45) is 1.54. The van der Waals surface area contributed by atoms with Crippen molar-refractivity contribution in [3.8, 4) is 0 Å². The van der Waals surface area contributed by atoms with Crippen molar-refractivity contribution in [2.75, 3.05) is 6.54 Å². The Labute approximate surface area is 115 Å². The van der Waals surface area contributed by atoms with Gasteiger partial charge >= 0.3 is 5.97 Å². The first-order valence-corrected chi connectivity index (χ1v) is 6.73. The highest BCUT2D eigenvalue weighted by atomic mass is 79.9. The standard InChI is InChI=1S/C13H17BrFNO2/c1-2-12(16-5-3-4-13(17)18)9-6-10(14)8-11(15)7-9/h6-8,12,16H,2-5H2,1H3,(H,17,18). The summed E-state index contributed by atoms with van der Waals surface area (Å²) in [5, 5.41) is 11.8. The molecule has 5 heteroatoms. The summed E-state index contributed by atoms with van der Waals surface area (Å²) in [7, 11) is 0. The molecule has 0 saturated heterocycles. The van der Waals surface area contributed by atoms with Crippen molar-refractivity contribution < 1.29 is 14.3 Å². The molecule has 0 heterocycles. The molecule has 1 unspecified atom stereocenters. The molecule has 0 bridgehead atoms. The van der Waals surface area contributed by atoms with Crippen LogP contribution in [-0.2, 0) is 4.79 Å². The average Bonchev–Trinajstić information content (AvgIpc) is 2.27. The van der Waals surface area contributed by atoms with Gasteiger partial charge in [0.2, 0.25) is 0 Å². The zero-order valence-electron chi connectivity index (χ0n) is 10.2. The largest absolute Gasteiger partial charge is 0.481 e. The van der Waals surface area contributed by atoms with E-state index in [1.165, 1.54) is 12.1 Å². The molecule has 0 spiro atoms. The Kier molecular flexibility index (Phi) is 6.29. The quantitative estimate of drug-likeness (QED) is 0.757. The number of hydrogen-bond donors (Lipinski definition) is 2. The molecule has 0 saturated carbocycles. The summed E-state index contributed by atoms with van der Waals surface area (Å²) >= 11 is 3.27. The Morgan fingerprint density at radius 2 is 2.22 bits per heavy atom. The van der Waals surface area contributed by atoms with E-state index >= 15 is 0 Å². The average molecular weight is 318 g/mol. The van der Waals surface area contributed by atoms with E-state index in [2.05, 4.69) is 21.2 Å². The predicted molar refractivity (Wildman–Crippen MR) is 72.0 cm³/mol. The first kappa shape index (κ1) is 15.1. The van der Waals surface area contributed by atoms with E-state index in [4.69, 9.17) is 5.11 Å². The lowest BCUT2D eigenvalue weighted by molar-refractivity contribution is -0.137. The molecular formula is C13H17BrFNO2. The Hall–Kier alpha value is -0.940. The summed E-state index contributed by atoms with van der Waals surface area (Å²) < 4.78 is 14.0. The number of halogens is 2. The van der Waals surface area contributed by atoms with Gasteiger partial charge in [0.15, 0.2) is 0 Å². The van der Waals surface area contributed by atoms with Gasteiger partial charge in [0.25, 0.3) is 0 Å². The molecular weight excluding hydrogens is 301 g/mol. The topological polar surface area (TPSA) is 49.3 Å². The highest BCUT2D eigenvalue weighted by Crippen LogP contribution is 2.22. The summed E-state index contributed by atoms with van der Waals surface area (Å²) in [6, 6.07) is 4.84. The number of nitrogens with one attached hydrogen (secondary N) is 1. The second-order valence-corrected chi connectivity index (χ2v) is 5.03. The van der Waals surface area contributed by atoms with Crippen molar-refractivity contribution in [3.63, 3.8) is 0 Å². The van der Waals surface area contributed by atoms with Gasteiger partial charge in [-0.1, -0.05) is 22.9 Å². The fourth-order valence-corrected chi connectivity index (χ4v) is 2.27. The molecule has 0 aromatic heterocycles. The number of benzene rings is 1. The van der Waals surface area contributed by atoms with E-state index in [0.717, 1.165) is 12.0 Å². The van der Waals surface area contributed by atoms with Crippen LogP contribution in [0.25, 0.3) is 0 Å². The van der Waals surface area contributed by atoms with Gasteiger partial charge in [-0.15, -0.1) is 0 Å². The van der Waals surface area contributed by atoms with Crippen molar-refractivity contribution in [3.05, 3.63) is 34.1 Å². The van der Waals surface area contributed by atoms with Gasteiger partial charge in [0.05, 0.1) is 0 Å². The van der Waals surface area contributed by atoms with Gasteiger partial charge < -0.3 is 10.4 Å². The monoisotopic (exact) mass is 317 g/mol. The van der Waals surface area contributed by atoms with Gasteiger partial charge in [-0.05, 0) is 43.1 Å². The minimum atomic E-state index is -0.793. The van der Waals surface area contributed by atoms with Crippen molar-refractivity contribution in [1.29, 1.82) is 0 Å². The maximum atomic E-state index is 13.3. The number of carboxylic acid groups (broad SMARTS) is 1. The lowest BCUT2D eigenvalue weighted by Gasteiger charge is -2.17. The minimum absolute atomic E-state index is 0.0470. The Morgan fingerprint density at radius 1 is 1.50 bits per heavy atom. The van der Waals surface area contributed by atoms with E-state index < -0.39 is 5.97 Å². The van der Waals surface area contributed by atoms with Crippen LogP contribution in [0.3, 0.4) is 0 Å². The lowest BCUT2D eigenvalue weighted by Crippen LogP contribution is -2.22. The molecule has 1 rings (SSSR count). The summed E-state index contributed by atoms with van der Waals surface area (Å²) in [6.45, 7) is 2.62. The van der Waals surface area contributed by atoms with Crippen LogP contribution < -0.4 is 5.32 Å². The van der Waals surface area contributed by atoms with Crippen LogP contribution in [0.5, 0.6) is 0 Å². The van der Waals surface area contributed by atoms with Crippen LogP contribution in [0.15, 0.2) is 22.7 Å². The van der Waals surface area contributed by atoms with Crippen LogP contribution >= 0.6 is 15.9 Å². The number of hydrogen-bond acceptors (Lipinski definition) is 2. The van der Waals surface area contributed by atoms with Crippen LogP contribution in [-0.4, -0.2) is 17.6 Å². The molecule has 0 aliphatic heterocycles. The maximum Gasteiger partial charge on any atom is 0.303 e. The third kappa shape index (κ3) is 5.14. The molecule has 0 aliphatic rings. The third-order valence-corrected chi connectivity index (χ3v) is 3.11. The second kappa shape index (κ2) is 7.48. The molecule has 18 heavy (non-hydrogen) atoms. The smallest absolute Gasteiger partial charge is 0.303 e. The second-order valence-electron chi connectivity index (χ2n) is 4.12. The Bertz CT molecular complexity index is 392. The maximum absolute atomic E-state index is 13.3. The molecule has 3 nitrogen and oxygen atoms in total. The van der Waals surface area contributed by atoms with Gasteiger partial charge in [0.1, 0.15) is 5.82 Å². The molecule has 0 amide bonds. The molecule has 0 radical (unpaired) electrons. The van der Waals surface area contributed by atoms with Crippen molar-refractivity contribution in [1.82, 2.24) is 5.32 Å². The Balaban J connectivity index is 2.57. The molecule has 1 aromatic rings. The minimum Gasteiger partial charge on any atom is -0.481 e. The summed E-state index contributed by atoms with van der Waals surface area (Å²) in [4.78, 5) is 10.4. The van der Waals surface area contributed by atoms with E-state index in [1.807, 2.05) is 13.0 Å². The van der Waals surface area contributed by atoms with Crippen molar-refractivity contribution in [2.24, 2.45) is 0 Å². The van der Waals surface area contributed by atoms with Gasteiger partial charge in [-0.2, -0.15) is 0 Å². The zero-order valence-corrected chi connectivity index (χ0v) is 11.8. The first-order valence-electron chi connectivity index (χ1n) is 5.94. The summed E-state index contributed by atoms with van der Waals surface area (Å²) in [5.74, 6) is -1.07. The Morgan fingerprint density at radius 3 is 2.78 bits per heavy atom. The van der Waals surface area contributed by atoms with Gasteiger partial charge in [0, 0.05) is 16.9 Å². The molecule has 2 N–H and O–H groups in total. The predicted octanol–water partition coefficient (Wildman–Crippen LogP) is 3.49. The number of carboxylic acids is 1. The number of carbonyl (C=O) groups is 1. The van der Waals surface area contributed by atoms with Crippen molar-refractivity contribution in [2.45, 2.75) is 32.2 Å². The van der Waals surface area contributed by atoms with Crippen LogP contribution in [0.4, 0.5) is 4.39 Å². The fraction of sp³-hybridized carbons (Fsp3) is 0.462. The number of aliphatic carboxylic acids is 1. The molecule has 1 aromatic carbocycles. The van der Waals surface area contributed by atoms with E-state index in [0.29, 0.717) is 17.4 Å². The van der Waals surface area contributed by atoms with E-state index in [9.17, 15) is 9.18 Å². The van der Waals surface area contributed by atoms with Crippen molar-refractivity contribution >= 4 is 21.9 Å². The normalized spacial score (nSPS) is 12.4. The summed E-state index contributed by atoms with van der Waals surface area (Å²) in [5.41, 5.74) is 0.875. The van der Waals surface area contributed by atoms with Crippen LogP contribution in [0, 0.1) is 5.82 Å².